The van der Waals surface area contributed by atoms with Gasteiger partial charge in [0.2, 0.25) is 0 Å². The van der Waals surface area contributed by atoms with Crippen LogP contribution in [0, 0.1) is 0 Å². The van der Waals surface area contributed by atoms with E-state index in [2.05, 4.69) is 45.5 Å². The van der Waals surface area contributed by atoms with Crippen LogP contribution in [0.4, 0.5) is 0 Å². The van der Waals surface area contributed by atoms with Gasteiger partial charge in [-0.3, -0.25) is 4.68 Å². The molecule has 0 aromatic carbocycles. The summed E-state index contributed by atoms with van der Waals surface area (Å²) in [4.78, 5) is 1.19. The Labute approximate surface area is 128 Å². The van der Waals surface area contributed by atoms with Crippen LogP contribution in [0.15, 0.2) is 28.2 Å². The van der Waals surface area contributed by atoms with Crippen LogP contribution in [0.2, 0.25) is 0 Å². The van der Waals surface area contributed by atoms with Gasteiger partial charge in [0.05, 0.1) is 22.4 Å². The third kappa shape index (κ3) is 2.38. The van der Waals surface area contributed by atoms with Crippen LogP contribution in [0.25, 0.3) is 9.40 Å². The van der Waals surface area contributed by atoms with Crippen LogP contribution >= 0.6 is 38.6 Å². The van der Waals surface area contributed by atoms with Gasteiger partial charge in [-0.15, -0.1) is 22.7 Å². The lowest BCUT2D eigenvalue weighted by Crippen LogP contribution is -2.17. The molecule has 0 aliphatic carbocycles. The maximum atomic E-state index is 6.44. The molecule has 0 bridgehead atoms. The Bertz CT molecular complexity index is 669. The lowest BCUT2D eigenvalue weighted by Gasteiger charge is -2.13. The smallest absolute Gasteiger partial charge is 0.0829 e. The third-order valence-corrected chi connectivity index (χ3v) is 5.82. The fourth-order valence-corrected chi connectivity index (χ4v) is 4.81. The Morgan fingerprint density at radius 2 is 2.32 bits per heavy atom. The summed E-state index contributed by atoms with van der Waals surface area (Å²) in [5.74, 6) is 0. The Hall–Kier alpha value is -0.690. The van der Waals surface area contributed by atoms with Crippen LogP contribution in [-0.4, -0.2) is 9.78 Å². The predicted molar refractivity (Wildman–Crippen MR) is 86.0 cm³/mol. The van der Waals surface area contributed by atoms with Gasteiger partial charge in [-0.2, -0.15) is 5.10 Å². The van der Waals surface area contributed by atoms with E-state index in [0.29, 0.717) is 0 Å². The van der Waals surface area contributed by atoms with Gasteiger partial charge in [-0.25, -0.2) is 0 Å². The molecule has 2 N–H and O–H groups in total. The molecule has 1 unspecified atom stereocenters. The molecule has 100 valence electrons. The van der Waals surface area contributed by atoms with E-state index in [9.17, 15) is 0 Å². The summed E-state index contributed by atoms with van der Waals surface area (Å²) in [5.41, 5.74) is 7.51. The zero-order chi connectivity index (χ0) is 13.4. The molecule has 0 saturated heterocycles. The molecule has 0 radical (unpaired) electrons. The number of nitrogens with zero attached hydrogens (tertiary/aromatic N) is 2. The summed E-state index contributed by atoms with van der Waals surface area (Å²) in [6, 6.07) is 4.23. The van der Waals surface area contributed by atoms with Crippen LogP contribution < -0.4 is 5.73 Å². The second-order valence-electron chi connectivity index (χ2n) is 4.38. The Kier molecular flexibility index (Phi) is 3.75. The number of rotatable bonds is 4. The van der Waals surface area contributed by atoms with E-state index < -0.39 is 0 Å². The molecule has 0 saturated carbocycles. The number of thiophene rings is 2. The monoisotopic (exact) mass is 355 g/mol. The van der Waals surface area contributed by atoms with Gasteiger partial charge in [-0.05, 0) is 39.9 Å². The van der Waals surface area contributed by atoms with Gasteiger partial charge in [0, 0.05) is 20.8 Å². The zero-order valence-corrected chi connectivity index (χ0v) is 13.7. The minimum absolute atomic E-state index is 0.118. The normalized spacial score (nSPS) is 13.2. The van der Waals surface area contributed by atoms with Crippen LogP contribution in [-0.2, 0) is 6.54 Å². The number of nitrogens with two attached hydrogens (primary N) is 1. The Morgan fingerprint density at radius 1 is 1.47 bits per heavy atom. The zero-order valence-electron chi connectivity index (χ0n) is 10.5. The lowest BCUT2D eigenvalue weighted by atomic mass is 10.2. The molecule has 3 nitrogen and oxygen atoms in total. The van der Waals surface area contributed by atoms with Gasteiger partial charge in [-0.1, -0.05) is 6.92 Å². The quantitative estimate of drug-likeness (QED) is 0.754. The Morgan fingerprint density at radius 3 is 3.05 bits per heavy atom. The van der Waals surface area contributed by atoms with Crippen molar-refractivity contribution in [2.45, 2.75) is 25.9 Å². The van der Waals surface area contributed by atoms with Crippen molar-refractivity contribution in [2.75, 3.05) is 0 Å². The van der Waals surface area contributed by atoms with Gasteiger partial charge in [0.1, 0.15) is 0 Å². The van der Waals surface area contributed by atoms with E-state index in [1.165, 1.54) is 14.3 Å². The first kappa shape index (κ1) is 13.3. The van der Waals surface area contributed by atoms with E-state index in [-0.39, 0.29) is 6.04 Å². The van der Waals surface area contributed by atoms with Gasteiger partial charge < -0.3 is 5.73 Å². The molecule has 3 aromatic heterocycles. The first-order chi connectivity index (χ1) is 9.20. The molecule has 0 aliphatic heterocycles. The van der Waals surface area contributed by atoms with Crippen molar-refractivity contribution in [1.82, 2.24) is 9.78 Å². The number of hydrogen-bond donors (Lipinski definition) is 1. The minimum atomic E-state index is -0.118. The highest BCUT2D eigenvalue weighted by molar-refractivity contribution is 9.10. The fourth-order valence-electron chi connectivity index (χ4n) is 2.14. The Balaban J connectivity index is 2.01. The van der Waals surface area contributed by atoms with Gasteiger partial charge in [0.25, 0.3) is 0 Å². The number of aromatic nitrogens is 2. The molecule has 3 heterocycles. The molecule has 6 heteroatoms. The molecule has 3 aromatic rings. The first-order valence-electron chi connectivity index (χ1n) is 6.14. The maximum absolute atomic E-state index is 6.44. The largest absolute Gasteiger partial charge is 0.318 e. The van der Waals surface area contributed by atoms with E-state index >= 15 is 0 Å². The summed E-state index contributed by atoms with van der Waals surface area (Å²) in [5, 5.41) is 6.51. The number of hydrogen-bond acceptors (Lipinski definition) is 4. The van der Waals surface area contributed by atoms with Crippen molar-refractivity contribution in [1.29, 1.82) is 0 Å². The number of fused-ring (bicyclic) bond motifs is 1. The second-order valence-corrected chi connectivity index (χ2v) is 7.29. The number of aryl methyl sites for hydroxylation is 1. The summed E-state index contributed by atoms with van der Waals surface area (Å²) < 4.78 is 5.62. The SMILES string of the molecule is CCCn1ncc(Br)c1C(N)c1cc2sccc2s1. The van der Waals surface area contributed by atoms with E-state index in [1.54, 1.807) is 22.7 Å². The molecular formula is C13H14BrN3S2. The van der Waals surface area contributed by atoms with Gasteiger partial charge >= 0.3 is 0 Å². The summed E-state index contributed by atoms with van der Waals surface area (Å²) in [7, 11) is 0. The van der Waals surface area contributed by atoms with Crippen LogP contribution in [0.5, 0.6) is 0 Å². The topological polar surface area (TPSA) is 43.8 Å². The highest BCUT2D eigenvalue weighted by atomic mass is 79.9. The van der Waals surface area contributed by atoms with E-state index in [1.807, 2.05) is 10.9 Å². The van der Waals surface area contributed by atoms with Crippen molar-refractivity contribution in [2.24, 2.45) is 5.73 Å². The van der Waals surface area contributed by atoms with Crippen LogP contribution in [0.1, 0.15) is 30.0 Å². The average molecular weight is 356 g/mol. The molecule has 0 aliphatic rings. The van der Waals surface area contributed by atoms with Gasteiger partial charge in [0.15, 0.2) is 0 Å². The average Bonchev–Trinajstić information content (AvgIpc) is 3.03. The van der Waals surface area contributed by atoms with Crippen molar-refractivity contribution in [3.63, 3.8) is 0 Å². The highest BCUT2D eigenvalue weighted by Gasteiger charge is 2.20. The second kappa shape index (κ2) is 5.36. The lowest BCUT2D eigenvalue weighted by molar-refractivity contribution is 0.560. The van der Waals surface area contributed by atoms with Crippen molar-refractivity contribution >= 4 is 48.0 Å². The molecule has 0 spiro atoms. The molecule has 3 rings (SSSR count). The standard InChI is InChI=1S/C13H14BrN3S2/c1-2-4-17-13(8(14)7-16-17)12(15)11-6-10-9(19-11)3-5-18-10/h3,5-7,12H,2,4,15H2,1H3. The summed E-state index contributed by atoms with van der Waals surface area (Å²) in [6.07, 6.45) is 2.88. The van der Waals surface area contributed by atoms with E-state index in [4.69, 9.17) is 5.73 Å². The predicted octanol–water partition coefficient (Wildman–Crippen LogP) is 4.38. The minimum Gasteiger partial charge on any atom is -0.318 e. The van der Waals surface area contributed by atoms with E-state index in [0.717, 1.165) is 23.1 Å². The van der Waals surface area contributed by atoms with Crippen molar-refractivity contribution in [3.05, 3.63) is 38.8 Å². The van der Waals surface area contributed by atoms with Crippen molar-refractivity contribution < 1.29 is 0 Å². The molecule has 1 atom stereocenters. The number of halogens is 1. The molecule has 19 heavy (non-hydrogen) atoms. The van der Waals surface area contributed by atoms with Crippen LogP contribution in [0.3, 0.4) is 0 Å². The first-order valence-corrected chi connectivity index (χ1v) is 8.63. The molecular weight excluding hydrogens is 342 g/mol. The maximum Gasteiger partial charge on any atom is 0.0829 e. The van der Waals surface area contributed by atoms with Crippen molar-refractivity contribution in [3.8, 4) is 0 Å². The summed E-state index contributed by atoms with van der Waals surface area (Å²) >= 11 is 7.09. The highest BCUT2D eigenvalue weighted by Crippen LogP contribution is 2.36. The fraction of sp³-hybridized carbons (Fsp3) is 0.308. The molecule has 0 fully saturated rings. The molecule has 0 amide bonds. The third-order valence-electron chi connectivity index (χ3n) is 3.03. The summed E-state index contributed by atoms with van der Waals surface area (Å²) in [6.45, 7) is 3.04.